The number of hydrogen-bond donors (Lipinski definition) is 0. The van der Waals surface area contributed by atoms with Gasteiger partial charge in [0.2, 0.25) is 0 Å². The van der Waals surface area contributed by atoms with Crippen LogP contribution in [0.4, 0.5) is 0 Å². The topological polar surface area (TPSA) is 51.8 Å². The molecule has 0 amide bonds. The molecule has 0 bridgehead atoms. The molecule has 4 nitrogen and oxygen atoms in total. The van der Waals surface area contributed by atoms with Crippen molar-refractivity contribution in [2.24, 2.45) is 0 Å². The Hall–Kier alpha value is -6.65. The van der Waals surface area contributed by atoms with Gasteiger partial charge >= 0.3 is 0 Å². The van der Waals surface area contributed by atoms with Gasteiger partial charge < -0.3 is 4.42 Å². The van der Waals surface area contributed by atoms with Crippen molar-refractivity contribution < 1.29 is 4.42 Å². The monoisotopic (exact) mass is 625 g/mol. The van der Waals surface area contributed by atoms with Crippen molar-refractivity contribution in [2.75, 3.05) is 0 Å². The number of furan rings is 1. The summed E-state index contributed by atoms with van der Waals surface area (Å²) in [6.07, 6.45) is 0. The van der Waals surface area contributed by atoms with E-state index < -0.39 is 0 Å². The first-order chi connectivity index (χ1) is 24.2. The first kappa shape index (κ1) is 27.5. The van der Waals surface area contributed by atoms with Gasteiger partial charge in [0, 0.05) is 27.5 Å². The van der Waals surface area contributed by atoms with Gasteiger partial charge in [-0.05, 0) is 73.8 Å². The highest BCUT2D eigenvalue weighted by molar-refractivity contribution is 6.19. The predicted molar refractivity (Wildman–Crippen MR) is 201 cm³/mol. The smallest absolute Gasteiger partial charge is 0.164 e. The van der Waals surface area contributed by atoms with E-state index in [1.807, 2.05) is 48.5 Å². The fourth-order valence-corrected chi connectivity index (χ4v) is 7.05. The van der Waals surface area contributed by atoms with Crippen LogP contribution in [-0.4, -0.2) is 15.0 Å². The Bertz CT molecular complexity index is 2880. The van der Waals surface area contributed by atoms with E-state index in [0.717, 1.165) is 54.8 Å². The van der Waals surface area contributed by atoms with Crippen molar-refractivity contribution in [3.63, 3.8) is 0 Å². The molecule has 10 rings (SSSR count). The van der Waals surface area contributed by atoms with E-state index in [4.69, 9.17) is 19.4 Å². The van der Waals surface area contributed by atoms with Crippen LogP contribution in [0.25, 0.3) is 99.5 Å². The first-order valence-corrected chi connectivity index (χ1v) is 16.4. The Morgan fingerprint density at radius 3 is 1.78 bits per heavy atom. The number of aromatic nitrogens is 3. The molecule has 0 aliphatic carbocycles. The fourth-order valence-electron chi connectivity index (χ4n) is 7.05. The highest BCUT2D eigenvalue weighted by Crippen LogP contribution is 2.40. The molecule has 2 aromatic heterocycles. The van der Waals surface area contributed by atoms with Crippen LogP contribution >= 0.6 is 0 Å². The zero-order valence-corrected chi connectivity index (χ0v) is 26.3. The largest absolute Gasteiger partial charge is 0.456 e. The molecule has 0 N–H and O–H groups in total. The van der Waals surface area contributed by atoms with Crippen LogP contribution in [-0.2, 0) is 0 Å². The molecule has 8 aromatic carbocycles. The van der Waals surface area contributed by atoms with E-state index >= 15 is 0 Å². The average molecular weight is 626 g/mol. The molecule has 0 aliphatic heterocycles. The Labute approximate surface area is 282 Å². The van der Waals surface area contributed by atoms with Gasteiger partial charge in [0.05, 0.1) is 0 Å². The zero-order chi connectivity index (χ0) is 32.3. The lowest BCUT2D eigenvalue weighted by molar-refractivity contribution is 0.669. The molecule has 0 saturated carbocycles. The van der Waals surface area contributed by atoms with Gasteiger partial charge in [-0.25, -0.2) is 15.0 Å². The van der Waals surface area contributed by atoms with Gasteiger partial charge in [-0.15, -0.1) is 0 Å². The second-order valence-corrected chi connectivity index (χ2v) is 12.5. The van der Waals surface area contributed by atoms with Gasteiger partial charge in [0.1, 0.15) is 11.2 Å². The summed E-state index contributed by atoms with van der Waals surface area (Å²) < 4.78 is 6.48. The molecule has 0 atom stereocenters. The third-order valence-corrected chi connectivity index (χ3v) is 9.47. The lowest BCUT2D eigenvalue weighted by atomic mass is 9.98. The molecular formula is C45H27N3O. The molecule has 0 radical (unpaired) electrons. The number of fused-ring (bicyclic) bond motifs is 7. The maximum atomic E-state index is 6.48. The Morgan fingerprint density at radius 2 is 0.959 bits per heavy atom. The van der Waals surface area contributed by atoms with Crippen molar-refractivity contribution in [3.8, 4) is 45.3 Å². The van der Waals surface area contributed by atoms with E-state index in [1.54, 1.807) is 0 Å². The van der Waals surface area contributed by atoms with Crippen LogP contribution in [0, 0.1) is 0 Å². The van der Waals surface area contributed by atoms with E-state index in [-0.39, 0.29) is 0 Å². The Balaban J connectivity index is 1.18. The van der Waals surface area contributed by atoms with Crippen LogP contribution in [0.3, 0.4) is 0 Å². The third-order valence-electron chi connectivity index (χ3n) is 9.47. The standard InChI is InChI=1S/C45H27N3O/c1-3-10-28(11-4-1)31-19-20-33-25-35(23-21-32(33)24-31)44-46-43(30-13-5-2-6-14-30)47-45(48-44)37-16-9-17-40-42(37)39-27-38-34(26-41(39)49-40)22-18-29-12-7-8-15-36(29)38/h1-27H. The minimum absolute atomic E-state index is 0.606. The predicted octanol–water partition coefficient (Wildman–Crippen LogP) is 11.9. The molecule has 228 valence electrons. The summed E-state index contributed by atoms with van der Waals surface area (Å²) in [6.45, 7) is 0. The van der Waals surface area contributed by atoms with Crippen LogP contribution in [0.1, 0.15) is 0 Å². The van der Waals surface area contributed by atoms with Gasteiger partial charge in [-0.2, -0.15) is 0 Å². The van der Waals surface area contributed by atoms with Crippen molar-refractivity contribution in [1.82, 2.24) is 15.0 Å². The number of benzene rings is 8. The summed E-state index contributed by atoms with van der Waals surface area (Å²) in [5, 5.41) is 9.09. The van der Waals surface area contributed by atoms with Crippen molar-refractivity contribution >= 4 is 54.3 Å². The highest BCUT2D eigenvalue weighted by Gasteiger charge is 2.19. The zero-order valence-electron chi connectivity index (χ0n) is 26.3. The van der Waals surface area contributed by atoms with Gasteiger partial charge in [0.15, 0.2) is 17.5 Å². The molecule has 2 heterocycles. The molecular weight excluding hydrogens is 599 g/mol. The molecule has 0 aliphatic rings. The summed E-state index contributed by atoms with van der Waals surface area (Å²) >= 11 is 0. The molecule has 0 unspecified atom stereocenters. The van der Waals surface area contributed by atoms with Gasteiger partial charge in [-0.3, -0.25) is 0 Å². The molecule has 0 spiro atoms. The summed E-state index contributed by atoms with van der Waals surface area (Å²) in [5.41, 5.74) is 6.80. The van der Waals surface area contributed by atoms with Crippen molar-refractivity contribution in [1.29, 1.82) is 0 Å². The molecule has 49 heavy (non-hydrogen) atoms. The Morgan fingerprint density at radius 1 is 0.327 bits per heavy atom. The first-order valence-electron chi connectivity index (χ1n) is 16.4. The normalized spacial score (nSPS) is 11.7. The highest BCUT2D eigenvalue weighted by atomic mass is 16.3. The van der Waals surface area contributed by atoms with Gasteiger partial charge in [0.25, 0.3) is 0 Å². The van der Waals surface area contributed by atoms with E-state index in [1.165, 1.54) is 27.3 Å². The summed E-state index contributed by atoms with van der Waals surface area (Å²) in [4.78, 5) is 15.3. The van der Waals surface area contributed by atoms with E-state index in [0.29, 0.717) is 17.5 Å². The average Bonchev–Trinajstić information content (AvgIpc) is 3.55. The summed E-state index contributed by atoms with van der Waals surface area (Å²) in [7, 11) is 0. The SMILES string of the molecule is c1ccc(-c2ccc3cc(-c4nc(-c5ccccc5)nc(-c5cccc6oc7cc8ccc9ccccc9c8cc7c56)n4)ccc3c2)cc1. The maximum Gasteiger partial charge on any atom is 0.164 e. The van der Waals surface area contributed by atoms with Crippen molar-refractivity contribution in [2.45, 2.75) is 0 Å². The minimum Gasteiger partial charge on any atom is -0.456 e. The molecule has 4 heteroatoms. The van der Waals surface area contributed by atoms with Crippen molar-refractivity contribution in [3.05, 3.63) is 164 Å². The van der Waals surface area contributed by atoms with Gasteiger partial charge in [-0.1, -0.05) is 133 Å². The molecule has 0 saturated heterocycles. The number of rotatable bonds is 4. The number of nitrogens with zero attached hydrogens (tertiary/aromatic N) is 3. The molecule has 0 fully saturated rings. The summed E-state index contributed by atoms with van der Waals surface area (Å²) in [6, 6.07) is 57.0. The quantitative estimate of drug-likeness (QED) is 0.183. The second-order valence-electron chi connectivity index (χ2n) is 12.5. The van der Waals surface area contributed by atoms with Crippen LogP contribution < -0.4 is 0 Å². The summed E-state index contributed by atoms with van der Waals surface area (Å²) in [5.74, 6) is 1.86. The van der Waals surface area contributed by atoms with E-state index in [9.17, 15) is 0 Å². The number of hydrogen-bond acceptors (Lipinski definition) is 4. The van der Waals surface area contributed by atoms with Crippen LogP contribution in [0.5, 0.6) is 0 Å². The fraction of sp³-hybridized carbons (Fsp3) is 0. The second kappa shape index (κ2) is 11.0. The lowest BCUT2D eigenvalue weighted by Crippen LogP contribution is -2.00. The van der Waals surface area contributed by atoms with Crippen LogP contribution in [0.15, 0.2) is 168 Å². The van der Waals surface area contributed by atoms with E-state index in [2.05, 4.69) is 115 Å². The third kappa shape index (κ3) is 4.65. The van der Waals surface area contributed by atoms with Crippen LogP contribution in [0.2, 0.25) is 0 Å². The Kier molecular flexibility index (Phi) is 6.15. The maximum absolute atomic E-state index is 6.48. The lowest BCUT2D eigenvalue weighted by Gasteiger charge is -2.10. The molecule has 10 aromatic rings. The minimum atomic E-state index is 0.606.